The predicted molar refractivity (Wildman–Crippen MR) is 63.7 cm³/mol. The Hall–Kier alpha value is -2.49. The van der Waals surface area contributed by atoms with Gasteiger partial charge in [0.05, 0.1) is 12.9 Å². The molecule has 96 valence electrons. The number of nitrogens with one attached hydrogen (secondary N) is 3. The van der Waals surface area contributed by atoms with Crippen molar-refractivity contribution in [3.05, 3.63) is 18.2 Å². The standard InChI is InChI=1S/C11H14N4O3/c1-2-3-4-13-11(18)15-9(10(16)17)5-8-6-12-7-14-8/h6-7,9H,4-5H2,1H3,(H,12,14)(H,16,17)(H2,13,15,18)/t9-/m1/s1. The SMILES string of the molecule is CC#CCNC(=O)N[C@H](Cc1cnc[nH]1)C(=O)O. The summed E-state index contributed by atoms with van der Waals surface area (Å²) in [5.74, 6) is 4.15. The number of carbonyl (C=O) groups is 2. The third kappa shape index (κ3) is 4.57. The normalized spacial score (nSPS) is 10.9. The number of nitrogens with zero attached hydrogens (tertiary/aromatic N) is 1. The highest BCUT2D eigenvalue weighted by Gasteiger charge is 2.20. The van der Waals surface area contributed by atoms with Crippen molar-refractivity contribution in [1.29, 1.82) is 0 Å². The van der Waals surface area contributed by atoms with Gasteiger partial charge in [0.1, 0.15) is 6.04 Å². The maximum absolute atomic E-state index is 11.4. The molecular weight excluding hydrogens is 236 g/mol. The summed E-state index contributed by atoms with van der Waals surface area (Å²) in [6, 6.07) is -1.58. The van der Waals surface area contributed by atoms with Crippen LogP contribution in [0.2, 0.25) is 0 Å². The molecule has 2 amide bonds. The van der Waals surface area contributed by atoms with Gasteiger partial charge >= 0.3 is 12.0 Å². The fourth-order valence-corrected chi connectivity index (χ4v) is 1.24. The second-order valence-corrected chi connectivity index (χ2v) is 3.43. The molecule has 18 heavy (non-hydrogen) atoms. The summed E-state index contributed by atoms with van der Waals surface area (Å²) in [5, 5.41) is 13.8. The Morgan fingerprint density at radius 1 is 1.61 bits per heavy atom. The molecule has 0 unspecified atom stereocenters. The second kappa shape index (κ2) is 6.96. The first kappa shape index (κ1) is 13.6. The van der Waals surface area contributed by atoms with Crippen LogP contribution in [0.25, 0.3) is 0 Å². The van der Waals surface area contributed by atoms with Gasteiger partial charge in [-0.15, -0.1) is 5.92 Å². The van der Waals surface area contributed by atoms with E-state index in [1.54, 1.807) is 6.92 Å². The molecular formula is C11H14N4O3. The number of imidazole rings is 1. The van der Waals surface area contributed by atoms with Crippen molar-refractivity contribution in [1.82, 2.24) is 20.6 Å². The van der Waals surface area contributed by atoms with Gasteiger partial charge in [0.15, 0.2) is 0 Å². The van der Waals surface area contributed by atoms with E-state index in [9.17, 15) is 9.59 Å². The number of carbonyl (C=O) groups excluding carboxylic acids is 1. The van der Waals surface area contributed by atoms with E-state index in [2.05, 4.69) is 32.4 Å². The fourth-order valence-electron chi connectivity index (χ4n) is 1.24. The summed E-state index contributed by atoms with van der Waals surface area (Å²) in [6.07, 6.45) is 3.10. The van der Waals surface area contributed by atoms with Crippen LogP contribution in [0, 0.1) is 11.8 Å². The van der Waals surface area contributed by atoms with E-state index < -0.39 is 18.0 Å². The number of aromatic amines is 1. The topological polar surface area (TPSA) is 107 Å². The molecule has 0 aliphatic rings. The Kier molecular flexibility index (Phi) is 5.25. The molecule has 0 aliphatic carbocycles. The lowest BCUT2D eigenvalue weighted by atomic mass is 10.2. The highest BCUT2D eigenvalue weighted by atomic mass is 16.4. The zero-order chi connectivity index (χ0) is 13.4. The lowest BCUT2D eigenvalue weighted by Crippen LogP contribution is -2.47. The molecule has 0 radical (unpaired) electrons. The Balaban J connectivity index is 2.49. The Morgan fingerprint density at radius 3 is 2.94 bits per heavy atom. The molecule has 0 saturated carbocycles. The minimum absolute atomic E-state index is 0.141. The van der Waals surface area contributed by atoms with Gasteiger partial charge in [0, 0.05) is 18.3 Å². The molecule has 0 bridgehead atoms. The van der Waals surface area contributed by atoms with E-state index in [-0.39, 0.29) is 13.0 Å². The number of hydrogen-bond acceptors (Lipinski definition) is 3. The van der Waals surface area contributed by atoms with Gasteiger partial charge < -0.3 is 20.7 Å². The number of amides is 2. The van der Waals surface area contributed by atoms with Crippen molar-refractivity contribution < 1.29 is 14.7 Å². The molecule has 0 aliphatic heterocycles. The van der Waals surface area contributed by atoms with Gasteiger partial charge in [0.25, 0.3) is 0 Å². The maximum atomic E-state index is 11.4. The zero-order valence-electron chi connectivity index (χ0n) is 9.86. The number of hydrogen-bond donors (Lipinski definition) is 4. The van der Waals surface area contributed by atoms with Crippen LogP contribution in [0.1, 0.15) is 12.6 Å². The van der Waals surface area contributed by atoms with Crippen LogP contribution < -0.4 is 10.6 Å². The van der Waals surface area contributed by atoms with E-state index in [1.165, 1.54) is 12.5 Å². The molecule has 0 spiro atoms. The second-order valence-electron chi connectivity index (χ2n) is 3.43. The summed E-state index contributed by atoms with van der Waals surface area (Å²) in [6.45, 7) is 1.83. The van der Waals surface area contributed by atoms with E-state index in [4.69, 9.17) is 5.11 Å². The molecule has 0 fully saturated rings. The Labute approximate surface area is 104 Å². The third-order valence-corrected chi connectivity index (χ3v) is 2.10. The average Bonchev–Trinajstić information content (AvgIpc) is 2.81. The summed E-state index contributed by atoms with van der Waals surface area (Å²) < 4.78 is 0. The number of aliphatic carboxylic acids is 1. The van der Waals surface area contributed by atoms with E-state index in [0.717, 1.165) is 0 Å². The highest BCUT2D eigenvalue weighted by Crippen LogP contribution is 1.98. The number of rotatable bonds is 5. The van der Waals surface area contributed by atoms with Crippen LogP contribution in [-0.2, 0) is 11.2 Å². The number of H-pyrrole nitrogens is 1. The summed E-state index contributed by atoms with van der Waals surface area (Å²) in [4.78, 5) is 28.9. The number of urea groups is 1. The molecule has 1 aromatic heterocycles. The first-order valence-corrected chi connectivity index (χ1v) is 5.27. The molecule has 1 atom stereocenters. The van der Waals surface area contributed by atoms with Crippen LogP contribution >= 0.6 is 0 Å². The summed E-state index contributed by atoms with van der Waals surface area (Å²) in [7, 11) is 0. The lowest BCUT2D eigenvalue weighted by molar-refractivity contribution is -0.139. The van der Waals surface area contributed by atoms with Crippen LogP contribution in [0.3, 0.4) is 0 Å². The van der Waals surface area contributed by atoms with Gasteiger partial charge in [-0.05, 0) is 6.92 Å². The van der Waals surface area contributed by atoms with Gasteiger partial charge in [0.2, 0.25) is 0 Å². The molecule has 1 aromatic rings. The first-order valence-electron chi connectivity index (χ1n) is 5.27. The van der Waals surface area contributed by atoms with Gasteiger partial charge in [-0.2, -0.15) is 0 Å². The monoisotopic (exact) mass is 250 g/mol. The zero-order valence-corrected chi connectivity index (χ0v) is 9.86. The van der Waals surface area contributed by atoms with Crippen molar-refractivity contribution in [2.45, 2.75) is 19.4 Å². The quantitative estimate of drug-likeness (QED) is 0.539. The molecule has 1 rings (SSSR count). The van der Waals surface area contributed by atoms with Crippen LogP contribution in [0.5, 0.6) is 0 Å². The van der Waals surface area contributed by atoms with Crippen LogP contribution in [-0.4, -0.2) is 39.7 Å². The summed E-state index contributed by atoms with van der Waals surface area (Å²) >= 11 is 0. The Morgan fingerprint density at radius 2 is 2.39 bits per heavy atom. The van der Waals surface area contributed by atoms with E-state index in [0.29, 0.717) is 5.69 Å². The van der Waals surface area contributed by atoms with Crippen LogP contribution in [0.15, 0.2) is 12.5 Å². The van der Waals surface area contributed by atoms with Gasteiger partial charge in [-0.25, -0.2) is 14.6 Å². The smallest absolute Gasteiger partial charge is 0.326 e. The number of carboxylic acid groups (broad SMARTS) is 1. The molecule has 7 nitrogen and oxygen atoms in total. The van der Waals surface area contributed by atoms with E-state index >= 15 is 0 Å². The van der Waals surface area contributed by atoms with Crippen molar-refractivity contribution in [2.75, 3.05) is 6.54 Å². The average molecular weight is 250 g/mol. The predicted octanol–water partition coefficient (Wildman–Crippen LogP) is -0.272. The minimum Gasteiger partial charge on any atom is -0.480 e. The third-order valence-electron chi connectivity index (χ3n) is 2.10. The fraction of sp³-hybridized carbons (Fsp3) is 0.364. The van der Waals surface area contributed by atoms with Gasteiger partial charge in [-0.3, -0.25) is 0 Å². The van der Waals surface area contributed by atoms with Gasteiger partial charge in [-0.1, -0.05) is 5.92 Å². The van der Waals surface area contributed by atoms with Crippen molar-refractivity contribution in [3.63, 3.8) is 0 Å². The number of aromatic nitrogens is 2. The van der Waals surface area contributed by atoms with Crippen molar-refractivity contribution in [3.8, 4) is 11.8 Å². The minimum atomic E-state index is -1.11. The van der Waals surface area contributed by atoms with Crippen molar-refractivity contribution >= 4 is 12.0 Å². The largest absolute Gasteiger partial charge is 0.480 e. The molecule has 1 heterocycles. The van der Waals surface area contributed by atoms with Crippen LogP contribution in [0.4, 0.5) is 4.79 Å². The molecule has 0 saturated heterocycles. The maximum Gasteiger partial charge on any atom is 0.326 e. The molecule has 0 aromatic carbocycles. The summed E-state index contributed by atoms with van der Waals surface area (Å²) in [5.41, 5.74) is 0.635. The van der Waals surface area contributed by atoms with Crippen molar-refractivity contribution in [2.24, 2.45) is 0 Å². The number of carboxylic acids is 1. The lowest BCUT2D eigenvalue weighted by Gasteiger charge is -2.13. The molecule has 4 N–H and O–H groups in total. The van der Waals surface area contributed by atoms with E-state index in [1.807, 2.05) is 0 Å². The molecule has 7 heteroatoms. The first-order chi connectivity index (χ1) is 8.63. The highest BCUT2D eigenvalue weighted by molar-refractivity contribution is 5.82. The Bertz CT molecular complexity index is 458.